The number of rotatable bonds is 3. The number of carbonyl (C=O) groups is 1. The molecule has 0 aromatic rings. The zero-order valence-electron chi connectivity index (χ0n) is 11.7. The second kappa shape index (κ2) is 5.80. The highest BCUT2D eigenvalue weighted by atomic mass is 16.4. The van der Waals surface area contributed by atoms with Gasteiger partial charge in [0, 0.05) is 6.04 Å². The molecule has 19 heavy (non-hydrogen) atoms. The van der Waals surface area contributed by atoms with Gasteiger partial charge < -0.3 is 16.3 Å². The topological polar surface area (TPSA) is 87.7 Å². The van der Waals surface area contributed by atoms with Crippen LogP contribution in [0, 0.1) is 11.3 Å². The maximum Gasteiger partial charge on any atom is 0.234 e. The molecular formula is C14H25N3O2. The molecule has 4 N–H and O–H groups in total. The number of carbonyl (C=O) groups excluding carboxylic acids is 1. The molecule has 2 aliphatic carbocycles. The first-order valence-corrected chi connectivity index (χ1v) is 7.37. The third-order valence-electron chi connectivity index (χ3n) is 4.83. The maximum absolute atomic E-state index is 12.4. The van der Waals surface area contributed by atoms with E-state index in [-0.39, 0.29) is 17.8 Å². The molecule has 2 unspecified atom stereocenters. The average molecular weight is 267 g/mol. The third kappa shape index (κ3) is 2.85. The van der Waals surface area contributed by atoms with E-state index in [0.717, 1.165) is 25.2 Å². The predicted octanol–water partition coefficient (Wildman–Crippen LogP) is 1.99. The van der Waals surface area contributed by atoms with Gasteiger partial charge in [0.1, 0.15) is 5.41 Å². The van der Waals surface area contributed by atoms with E-state index in [9.17, 15) is 4.79 Å². The number of nitrogens with one attached hydrogen (secondary N) is 1. The minimum atomic E-state index is -0.743. The van der Waals surface area contributed by atoms with Gasteiger partial charge in [-0.05, 0) is 38.0 Å². The van der Waals surface area contributed by atoms with Crippen molar-refractivity contribution in [2.75, 3.05) is 0 Å². The van der Waals surface area contributed by atoms with E-state index < -0.39 is 5.41 Å². The quantitative estimate of drug-likeness (QED) is 0.240. The average Bonchev–Trinajstić information content (AvgIpc) is 2.53. The molecule has 2 fully saturated rings. The Kier molecular flexibility index (Phi) is 4.32. The van der Waals surface area contributed by atoms with Crippen molar-refractivity contribution in [2.24, 2.45) is 22.2 Å². The van der Waals surface area contributed by atoms with Crippen LogP contribution in [-0.2, 0) is 4.79 Å². The lowest BCUT2D eigenvalue weighted by Gasteiger charge is -2.39. The molecule has 2 aliphatic rings. The van der Waals surface area contributed by atoms with Gasteiger partial charge in [-0.1, -0.05) is 31.3 Å². The van der Waals surface area contributed by atoms with Crippen molar-refractivity contribution in [1.29, 1.82) is 0 Å². The molecule has 5 heteroatoms. The largest absolute Gasteiger partial charge is 0.409 e. The van der Waals surface area contributed by atoms with Gasteiger partial charge in [0.25, 0.3) is 0 Å². The standard InChI is InChI=1S/C14H25N3O2/c1-10-4-2-5-11(7-6-10)16-13(18)14(8-3-9-14)12(15)17-19/h10-11,19H,2-9H2,1H3,(H2,15,17)(H,16,18). The summed E-state index contributed by atoms with van der Waals surface area (Å²) < 4.78 is 0. The summed E-state index contributed by atoms with van der Waals surface area (Å²) in [5, 5.41) is 15.0. The van der Waals surface area contributed by atoms with E-state index in [4.69, 9.17) is 10.9 Å². The molecule has 0 aromatic carbocycles. The second-order valence-corrected chi connectivity index (χ2v) is 6.20. The molecule has 0 spiro atoms. The van der Waals surface area contributed by atoms with Crippen molar-refractivity contribution in [1.82, 2.24) is 5.32 Å². The van der Waals surface area contributed by atoms with Gasteiger partial charge in [0.05, 0.1) is 0 Å². The summed E-state index contributed by atoms with van der Waals surface area (Å²) in [4.78, 5) is 12.4. The molecule has 1 amide bonds. The van der Waals surface area contributed by atoms with E-state index >= 15 is 0 Å². The van der Waals surface area contributed by atoms with Gasteiger partial charge in [-0.3, -0.25) is 4.79 Å². The molecule has 0 bridgehead atoms. The van der Waals surface area contributed by atoms with Crippen molar-refractivity contribution in [3.05, 3.63) is 0 Å². The lowest BCUT2D eigenvalue weighted by Crippen LogP contribution is -2.55. The van der Waals surface area contributed by atoms with Crippen molar-refractivity contribution >= 4 is 11.7 Å². The van der Waals surface area contributed by atoms with E-state index in [1.54, 1.807) is 0 Å². The highest BCUT2D eigenvalue weighted by Gasteiger charge is 2.48. The molecule has 5 nitrogen and oxygen atoms in total. The number of hydrogen-bond acceptors (Lipinski definition) is 3. The molecule has 2 saturated carbocycles. The first kappa shape index (κ1) is 14.2. The number of hydrogen-bond donors (Lipinski definition) is 3. The highest BCUT2D eigenvalue weighted by molar-refractivity contribution is 6.07. The molecule has 0 heterocycles. The molecule has 0 saturated heterocycles. The summed E-state index contributed by atoms with van der Waals surface area (Å²) in [5.74, 6) is 0.774. The van der Waals surface area contributed by atoms with Crippen LogP contribution in [0.25, 0.3) is 0 Å². The second-order valence-electron chi connectivity index (χ2n) is 6.20. The molecule has 2 rings (SSSR count). The fourth-order valence-electron chi connectivity index (χ4n) is 3.18. The number of nitrogens with zero attached hydrogens (tertiary/aromatic N) is 1. The van der Waals surface area contributed by atoms with Crippen LogP contribution in [0.2, 0.25) is 0 Å². The molecule has 0 radical (unpaired) electrons. The normalized spacial score (nSPS) is 31.1. The molecule has 108 valence electrons. The monoisotopic (exact) mass is 267 g/mol. The van der Waals surface area contributed by atoms with Gasteiger partial charge in [-0.25, -0.2) is 0 Å². The van der Waals surface area contributed by atoms with E-state index in [0.29, 0.717) is 12.8 Å². The van der Waals surface area contributed by atoms with E-state index in [2.05, 4.69) is 17.4 Å². The van der Waals surface area contributed by atoms with Crippen molar-refractivity contribution < 1.29 is 10.0 Å². The minimum absolute atomic E-state index is 0.0476. The molecule has 2 atom stereocenters. The smallest absolute Gasteiger partial charge is 0.234 e. The Hall–Kier alpha value is -1.26. The fraction of sp³-hybridized carbons (Fsp3) is 0.857. The summed E-state index contributed by atoms with van der Waals surface area (Å²) in [7, 11) is 0. The number of oxime groups is 1. The highest BCUT2D eigenvalue weighted by Crippen LogP contribution is 2.41. The van der Waals surface area contributed by atoms with Crippen LogP contribution in [0.1, 0.15) is 58.3 Å². The predicted molar refractivity (Wildman–Crippen MR) is 73.9 cm³/mol. The summed E-state index contributed by atoms with van der Waals surface area (Å²) in [6.07, 6.45) is 8.02. The van der Waals surface area contributed by atoms with Crippen LogP contribution >= 0.6 is 0 Å². The van der Waals surface area contributed by atoms with Crippen molar-refractivity contribution in [2.45, 2.75) is 64.3 Å². The van der Waals surface area contributed by atoms with Gasteiger partial charge in [0.15, 0.2) is 5.84 Å². The van der Waals surface area contributed by atoms with Crippen LogP contribution in [0.15, 0.2) is 5.16 Å². The van der Waals surface area contributed by atoms with Gasteiger partial charge in [-0.15, -0.1) is 0 Å². The number of amidine groups is 1. The van der Waals surface area contributed by atoms with Crippen molar-refractivity contribution in [3.8, 4) is 0 Å². The number of amides is 1. The summed E-state index contributed by atoms with van der Waals surface area (Å²) >= 11 is 0. The van der Waals surface area contributed by atoms with Crippen LogP contribution in [0.5, 0.6) is 0 Å². The Morgan fingerprint density at radius 1 is 1.26 bits per heavy atom. The van der Waals surface area contributed by atoms with E-state index in [1.165, 1.54) is 19.3 Å². The Balaban J connectivity index is 1.96. The Morgan fingerprint density at radius 2 is 2.00 bits per heavy atom. The van der Waals surface area contributed by atoms with Crippen LogP contribution < -0.4 is 11.1 Å². The molecular weight excluding hydrogens is 242 g/mol. The Labute approximate surface area is 114 Å². The number of nitrogens with two attached hydrogens (primary N) is 1. The molecule has 0 aliphatic heterocycles. The summed E-state index contributed by atoms with van der Waals surface area (Å²) in [5.41, 5.74) is 4.97. The van der Waals surface area contributed by atoms with Crippen LogP contribution in [-0.4, -0.2) is 23.0 Å². The van der Waals surface area contributed by atoms with Gasteiger partial charge in [-0.2, -0.15) is 0 Å². The summed E-state index contributed by atoms with van der Waals surface area (Å²) in [6.45, 7) is 2.27. The zero-order chi connectivity index (χ0) is 13.9. The lowest BCUT2D eigenvalue weighted by molar-refractivity contribution is -0.131. The molecule has 0 aromatic heterocycles. The SMILES string of the molecule is CC1CCCC(NC(=O)C2(C(N)=NO)CCC2)CC1. The first-order valence-electron chi connectivity index (χ1n) is 7.37. The van der Waals surface area contributed by atoms with Crippen molar-refractivity contribution in [3.63, 3.8) is 0 Å². The Bertz CT molecular complexity index is 364. The fourth-order valence-corrected chi connectivity index (χ4v) is 3.18. The Morgan fingerprint density at radius 3 is 2.58 bits per heavy atom. The van der Waals surface area contributed by atoms with Gasteiger partial charge in [0.2, 0.25) is 5.91 Å². The van der Waals surface area contributed by atoms with Crippen LogP contribution in [0.3, 0.4) is 0 Å². The minimum Gasteiger partial charge on any atom is -0.409 e. The first-order chi connectivity index (χ1) is 9.08. The van der Waals surface area contributed by atoms with Crippen LogP contribution in [0.4, 0.5) is 0 Å². The lowest BCUT2D eigenvalue weighted by atomic mass is 9.67. The summed E-state index contributed by atoms with van der Waals surface area (Å²) in [6, 6.07) is 0.251. The zero-order valence-corrected chi connectivity index (χ0v) is 11.7. The maximum atomic E-state index is 12.4. The van der Waals surface area contributed by atoms with E-state index in [1.807, 2.05) is 0 Å². The third-order valence-corrected chi connectivity index (χ3v) is 4.83. The van der Waals surface area contributed by atoms with Gasteiger partial charge >= 0.3 is 0 Å².